The fraction of sp³-hybridized carbons (Fsp3) is 0.211. The fourth-order valence-electron chi connectivity index (χ4n) is 2.84. The third-order valence-corrected chi connectivity index (χ3v) is 5.31. The average Bonchev–Trinajstić information content (AvgIpc) is 3.06. The van der Waals surface area contributed by atoms with Gasteiger partial charge in [-0.25, -0.2) is 8.42 Å². The molecule has 1 heterocycles. The number of sulfonamides is 1. The largest absolute Gasteiger partial charge is 0.324 e. The summed E-state index contributed by atoms with van der Waals surface area (Å²) < 4.78 is 27.4. The smallest absolute Gasteiger partial charge is 0.245 e. The van der Waals surface area contributed by atoms with Crippen molar-refractivity contribution in [2.75, 3.05) is 22.4 Å². The number of carbonyl (C=O) groups is 1. The zero-order valence-electron chi connectivity index (χ0n) is 15.8. The van der Waals surface area contributed by atoms with Gasteiger partial charge in [0, 0.05) is 18.3 Å². The van der Waals surface area contributed by atoms with Gasteiger partial charge >= 0.3 is 0 Å². The molecule has 28 heavy (non-hydrogen) atoms. The van der Waals surface area contributed by atoms with Crippen LogP contribution in [0.1, 0.15) is 5.56 Å². The normalized spacial score (nSPS) is 11.2. The molecule has 0 saturated carbocycles. The Morgan fingerprint density at radius 2 is 1.93 bits per heavy atom. The van der Waals surface area contributed by atoms with E-state index in [1.54, 1.807) is 54.2 Å². The molecule has 8 nitrogen and oxygen atoms in total. The van der Waals surface area contributed by atoms with Crippen LogP contribution >= 0.6 is 0 Å². The fourth-order valence-corrected chi connectivity index (χ4v) is 3.75. The van der Waals surface area contributed by atoms with E-state index < -0.39 is 15.9 Å². The molecule has 1 N–H and O–H groups in total. The van der Waals surface area contributed by atoms with Gasteiger partial charge in [-0.2, -0.15) is 0 Å². The first-order chi connectivity index (χ1) is 13.3. The third-order valence-electron chi connectivity index (χ3n) is 4.19. The SMILES string of the molecule is Cc1ccccc1N(CC(=O)Nc1cccc(-c2nncn2C)c1)S(C)(=O)=O. The second-order valence-electron chi connectivity index (χ2n) is 6.45. The number of aryl methyl sites for hydroxylation is 2. The van der Waals surface area contributed by atoms with Crippen LogP contribution in [0.15, 0.2) is 54.9 Å². The molecule has 0 aliphatic heterocycles. The minimum absolute atomic E-state index is 0.322. The number of amides is 1. The van der Waals surface area contributed by atoms with Crippen LogP contribution in [0.4, 0.5) is 11.4 Å². The monoisotopic (exact) mass is 399 g/mol. The molecule has 0 saturated heterocycles. The minimum Gasteiger partial charge on any atom is -0.324 e. The van der Waals surface area contributed by atoms with E-state index in [1.807, 2.05) is 19.2 Å². The predicted molar refractivity (Wildman–Crippen MR) is 108 cm³/mol. The highest BCUT2D eigenvalue weighted by Gasteiger charge is 2.22. The molecular weight excluding hydrogens is 378 g/mol. The van der Waals surface area contributed by atoms with Crippen LogP contribution in [0, 0.1) is 6.92 Å². The first-order valence-corrected chi connectivity index (χ1v) is 10.4. The molecular formula is C19H21N5O3S. The van der Waals surface area contributed by atoms with Gasteiger partial charge < -0.3 is 9.88 Å². The van der Waals surface area contributed by atoms with Gasteiger partial charge in [-0.3, -0.25) is 9.10 Å². The summed E-state index contributed by atoms with van der Waals surface area (Å²) in [6, 6.07) is 14.2. The summed E-state index contributed by atoms with van der Waals surface area (Å²) in [5.74, 6) is 0.220. The number of aromatic nitrogens is 3. The Labute approximate surface area is 163 Å². The Balaban J connectivity index is 1.81. The molecule has 3 rings (SSSR count). The van der Waals surface area contributed by atoms with E-state index in [-0.39, 0.29) is 6.54 Å². The Kier molecular flexibility index (Phi) is 5.46. The number of rotatable bonds is 6. The van der Waals surface area contributed by atoms with Crippen molar-refractivity contribution in [2.24, 2.45) is 7.05 Å². The summed E-state index contributed by atoms with van der Waals surface area (Å²) in [4.78, 5) is 12.6. The minimum atomic E-state index is -3.63. The molecule has 0 aliphatic carbocycles. The Morgan fingerprint density at radius 3 is 2.57 bits per heavy atom. The summed E-state index contributed by atoms with van der Waals surface area (Å²) in [6.45, 7) is 1.48. The van der Waals surface area contributed by atoms with Crippen LogP contribution in [0.25, 0.3) is 11.4 Å². The van der Waals surface area contributed by atoms with Gasteiger partial charge in [0.15, 0.2) is 5.82 Å². The molecule has 2 aromatic carbocycles. The van der Waals surface area contributed by atoms with Crippen molar-refractivity contribution < 1.29 is 13.2 Å². The second-order valence-corrected chi connectivity index (χ2v) is 8.36. The van der Waals surface area contributed by atoms with Crippen LogP contribution in [0.5, 0.6) is 0 Å². The van der Waals surface area contributed by atoms with Crippen molar-refractivity contribution in [3.8, 4) is 11.4 Å². The van der Waals surface area contributed by atoms with Crippen LogP contribution in [0.3, 0.4) is 0 Å². The molecule has 0 unspecified atom stereocenters. The first kappa shape index (κ1) is 19.6. The van der Waals surface area contributed by atoms with E-state index in [1.165, 1.54) is 0 Å². The second kappa shape index (κ2) is 7.81. The molecule has 0 fully saturated rings. The maximum atomic E-state index is 12.6. The molecule has 146 valence electrons. The number of nitrogens with zero attached hydrogens (tertiary/aromatic N) is 4. The summed E-state index contributed by atoms with van der Waals surface area (Å²) in [6.07, 6.45) is 2.67. The van der Waals surface area contributed by atoms with E-state index in [0.717, 1.165) is 21.7 Å². The maximum absolute atomic E-state index is 12.6. The van der Waals surface area contributed by atoms with Gasteiger partial charge in [0.05, 0.1) is 11.9 Å². The summed E-state index contributed by atoms with van der Waals surface area (Å²) >= 11 is 0. The summed E-state index contributed by atoms with van der Waals surface area (Å²) in [5, 5.41) is 10.7. The van der Waals surface area contributed by atoms with Crippen molar-refractivity contribution in [3.05, 3.63) is 60.4 Å². The Bertz CT molecular complexity index is 1110. The Morgan fingerprint density at radius 1 is 1.18 bits per heavy atom. The Hall–Kier alpha value is -3.20. The van der Waals surface area contributed by atoms with Crippen molar-refractivity contribution in [2.45, 2.75) is 6.92 Å². The zero-order valence-corrected chi connectivity index (χ0v) is 16.6. The lowest BCUT2D eigenvalue weighted by Crippen LogP contribution is -2.37. The molecule has 1 aromatic heterocycles. The molecule has 3 aromatic rings. The molecule has 1 amide bonds. The van der Waals surface area contributed by atoms with Gasteiger partial charge in [-0.15, -0.1) is 10.2 Å². The number of hydrogen-bond donors (Lipinski definition) is 1. The van der Waals surface area contributed by atoms with Gasteiger partial charge in [-0.1, -0.05) is 30.3 Å². The van der Waals surface area contributed by atoms with Gasteiger partial charge in [0.2, 0.25) is 15.9 Å². The first-order valence-electron chi connectivity index (χ1n) is 8.53. The molecule has 0 atom stereocenters. The van der Waals surface area contributed by atoms with E-state index in [2.05, 4.69) is 15.5 Å². The van der Waals surface area contributed by atoms with E-state index >= 15 is 0 Å². The lowest BCUT2D eigenvalue weighted by molar-refractivity contribution is -0.114. The quantitative estimate of drug-likeness (QED) is 0.685. The van der Waals surface area contributed by atoms with E-state index in [0.29, 0.717) is 17.2 Å². The topological polar surface area (TPSA) is 97.2 Å². The summed E-state index contributed by atoms with van der Waals surface area (Å²) in [7, 11) is -1.80. The number of hydrogen-bond acceptors (Lipinski definition) is 5. The molecule has 0 radical (unpaired) electrons. The molecule has 0 spiro atoms. The van der Waals surface area contributed by atoms with Crippen LogP contribution < -0.4 is 9.62 Å². The van der Waals surface area contributed by atoms with Crippen LogP contribution in [0.2, 0.25) is 0 Å². The maximum Gasteiger partial charge on any atom is 0.245 e. The van der Waals surface area contributed by atoms with Crippen molar-refractivity contribution in [1.29, 1.82) is 0 Å². The van der Waals surface area contributed by atoms with Crippen molar-refractivity contribution in [3.63, 3.8) is 0 Å². The highest BCUT2D eigenvalue weighted by atomic mass is 32.2. The van der Waals surface area contributed by atoms with Crippen molar-refractivity contribution >= 4 is 27.3 Å². The number of para-hydroxylation sites is 1. The van der Waals surface area contributed by atoms with Gasteiger partial charge in [-0.05, 0) is 30.7 Å². The number of carbonyl (C=O) groups excluding carboxylic acids is 1. The van der Waals surface area contributed by atoms with E-state index in [9.17, 15) is 13.2 Å². The van der Waals surface area contributed by atoms with Crippen LogP contribution in [-0.4, -0.2) is 41.9 Å². The number of anilines is 2. The molecule has 0 bridgehead atoms. The third kappa shape index (κ3) is 4.37. The van der Waals surface area contributed by atoms with Gasteiger partial charge in [0.1, 0.15) is 12.9 Å². The predicted octanol–water partition coefficient (Wildman–Crippen LogP) is 2.20. The number of nitrogens with one attached hydrogen (secondary N) is 1. The summed E-state index contributed by atoms with van der Waals surface area (Å²) in [5.41, 5.74) is 2.58. The lowest BCUT2D eigenvalue weighted by Gasteiger charge is -2.23. The lowest BCUT2D eigenvalue weighted by atomic mass is 10.2. The van der Waals surface area contributed by atoms with Crippen LogP contribution in [-0.2, 0) is 21.9 Å². The van der Waals surface area contributed by atoms with Crippen molar-refractivity contribution in [1.82, 2.24) is 14.8 Å². The highest BCUT2D eigenvalue weighted by Crippen LogP contribution is 2.23. The average molecular weight is 399 g/mol. The zero-order chi connectivity index (χ0) is 20.3. The number of benzene rings is 2. The molecule has 0 aliphatic rings. The van der Waals surface area contributed by atoms with Gasteiger partial charge in [0.25, 0.3) is 0 Å². The molecule has 9 heteroatoms. The highest BCUT2D eigenvalue weighted by molar-refractivity contribution is 7.92. The van der Waals surface area contributed by atoms with E-state index in [4.69, 9.17) is 0 Å². The standard InChI is InChI=1S/C19H21N5O3S/c1-14-7-4-5-10-17(14)24(28(3,26)27)12-18(25)21-16-9-6-8-15(11-16)19-22-20-13-23(19)2/h4-11,13H,12H2,1-3H3,(H,21,25).